The molecule has 0 radical (unpaired) electrons. The molecule has 2 aromatic heterocycles. The highest BCUT2D eigenvalue weighted by atomic mass is 16.1. The van der Waals surface area contributed by atoms with Crippen molar-refractivity contribution in [3.63, 3.8) is 0 Å². The van der Waals surface area contributed by atoms with E-state index in [1.54, 1.807) is 10.8 Å². The number of aryl methyl sites for hydroxylation is 1. The molecule has 4 aromatic rings. The molecule has 4 nitrogen and oxygen atoms in total. The van der Waals surface area contributed by atoms with E-state index in [1.807, 2.05) is 73.8 Å². The van der Waals surface area contributed by atoms with Crippen LogP contribution in [-0.4, -0.2) is 14.5 Å². The highest BCUT2D eigenvalue weighted by molar-refractivity contribution is 5.81. The number of hydrogen-bond donors (Lipinski definition) is 0. The van der Waals surface area contributed by atoms with Gasteiger partial charge in [0, 0.05) is 29.0 Å². The van der Waals surface area contributed by atoms with Crippen LogP contribution in [0.5, 0.6) is 0 Å². The molecule has 0 atom stereocenters. The van der Waals surface area contributed by atoms with Crippen LogP contribution in [0.25, 0.3) is 27.7 Å². The molecule has 0 saturated heterocycles. The van der Waals surface area contributed by atoms with E-state index >= 15 is 0 Å². The zero-order valence-electron chi connectivity index (χ0n) is 13.2. The Kier molecular flexibility index (Phi) is 3.43. The number of benzene rings is 2. The van der Waals surface area contributed by atoms with Crippen LogP contribution in [0.1, 0.15) is 5.82 Å². The van der Waals surface area contributed by atoms with E-state index in [4.69, 9.17) is 0 Å². The van der Waals surface area contributed by atoms with Gasteiger partial charge < -0.3 is 0 Å². The van der Waals surface area contributed by atoms with Crippen molar-refractivity contribution in [3.8, 4) is 16.9 Å². The number of aromatic nitrogens is 3. The van der Waals surface area contributed by atoms with Crippen LogP contribution >= 0.6 is 0 Å². The van der Waals surface area contributed by atoms with Gasteiger partial charge >= 0.3 is 0 Å². The first kappa shape index (κ1) is 14.3. The predicted molar refractivity (Wildman–Crippen MR) is 95.3 cm³/mol. The van der Waals surface area contributed by atoms with Crippen molar-refractivity contribution in [1.82, 2.24) is 14.5 Å². The van der Waals surface area contributed by atoms with E-state index in [0.717, 1.165) is 28.2 Å². The van der Waals surface area contributed by atoms with E-state index in [2.05, 4.69) is 9.97 Å². The van der Waals surface area contributed by atoms with Crippen LogP contribution in [0.3, 0.4) is 0 Å². The number of hydrogen-bond acceptors (Lipinski definition) is 3. The fraction of sp³-hybridized carbons (Fsp3) is 0.0500. The molecular weight excluding hydrogens is 298 g/mol. The van der Waals surface area contributed by atoms with Crippen molar-refractivity contribution in [2.45, 2.75) is 6.92 Å². The van der Waals surface area contributed by atoms with Gasteiger partial charge in [0.2, 0.25) is 0 Å². The lowest BCUT2D eigenvalue weighted by atomic mass is 10.1. The summed E-state index contributed by atoms with van der Waals surface area (Å²) in [5, 5.41) is 1.66. The molecule has 0 aliphatic carbocycles. The summed E-state index contributed by atoms with van der Waals surface area (Å²) in [4.78, 5) is 21.3. The van der Waals surface area contributed by atoms with Crippen molar-refractivity contribution >= 4 is 10.8 Å². The van der Waals surface area contributed by atoms with Crippen molar-refractivity contribution in [2.75, 3.05) is 0 Å². The van der Waals surface area contributed by atoms with E-state index < -0.39 is 0 Å². The van der Waals surface area contributed by atoms with Gasteiger partial charge in [-0.1, -0.05) is 30.3 Å². The lowest BCUT2D eigenvalue weighted by Gasteiger charge is -2.09. The van der Waals surface area contributed by atoms with Crippen molar-refractivity contribution in [2.24, 2.45) is 0 Å². The second-order valence-corrected chi connectivity index (χ2v) is 5.62. The maximum absolute atomic E-state index is 12.8. The normalized spacial score (nSPS) is 10.9. The molecule has 116 valence electrons. The van der Waals surface area contributed by atoms with Gasteiger partial charge in [0.25, 0.3) is 5.56 Å². The van der Waals surface area contributed by atoms with Crippen LogP contribution < -0.4 is 5.56 Å². The molecule has 0 bridgehead atoms. The third-order valence-corrected chi connectivity index (χ3v) is 4.01. The fourth-order valence-corrected chi connectivity index (χ4v) is 2.82. The molecule has 0 fully saturated rings. The molecule has 24 heavy (non-hydrogen) atoms. The van der Waals surface area contributed by atoms with E-state index in [0.29, 0.717) is 5.39 Å². The van der Waals surface area contributed by atoms with Gasteiger partial charge in [-0.3, -0.25) is 9.36 Å². The first-order chi connectivity index (χ1) is 11.7. The van der Waals surface area contributed by atoms with Crippen LogP contribution in [0.4, 0.5) is 0 Å². The molecule has 0 aliphatic heterocycles. The second kappa shape index (κ2) is 5.74. The lowest BCUT2D eigenvalue weighted by molar-refractivity contribution is 1.01. The maximum Gasteiger partial charge on any atom is 0.262 e. The number of rotatable bonds is 2. The minimum atomic E-state index is -0.0240. The van der Waals surface area contributed by atoms with Crippen molar-refractivity contribution in [3.05, 3.63) is 89.2 Å². The summed E-state index contributed by atoms with van der Waals surface area (Å²) >= 11 is 0. The molecule has 0 amide bonds. The van der Waals surface area contributed by atoms with Gasteiger partial charge in [-0.05, 0) is 42.6 Å². The smallest absolute Gasteiger partial charge is 0.262 e. The Labute approximate surface area is 139 Å². The summed E-state index contributed by atoms with van der Waals surface area (Å²) in [6.45, 7) is 1.86. The van der Waals surface area contributed by atoms with Gasteiger partial charge in [-0.15, -0.1) is 0 Å². The second-order valence-electron chi connectivity index (χ2n) is 5.62. The number of fused-ring (bicyclic) bond motifs is 1. The Balaban J connectivity index is 1.88. The fourth-order valence-electron chi connectivity index (χ4n) is 2.82. The van der Waals surface area contributed by atoms with Crippen molar-refractivity contribution in [1.29, 1.82) is 0 Å². The first-order valence-electron chi connectivity index (χ1n) is 7.73. The molecule has 0 N–H and O–H groups in total. The zero-order valence-corrected chi connectivity index (χ0v) is 13.2. The largest absolute Gasteiger partial charge is 0.284 e. The van der Waals surface area contributed by atoms with Gasteiger partial charge in [-0.25, -0.2) is 9.97 Å². The Morgan fingerprint density at radius 3 is 2.71 bits per heavy atom. The summed E-state index contributed by atoms with van der Waals surface area (Å²) in [5.74, 6) is 0.723. The molecule has 0 spiro atoms. The van der Waals surface area contributed by atoms with E-state index in [-0.39, 0.29) is 5.56 Å². The topological polar surface area (TPSA) is 47.8 Å². The summed E-state index contributed by atoms with van der Waals surface area (Å²) < 4.78 is 1.67. The van der Waals surface area contributed by atoms with E-state index in [1.165, 1.54) is 0 Å². The maximum atomic E-state index is 12.8. The monoisotopic (exact) mass is 313 g/mol. The van der Waals surface area contributed by atoms with E-state index in [9.17, 15) is 4.79 Å². The minimum absolute atomic E-state index is 0.0240. The Bertz CT molecular complexity index is 1100. The molecule has 0 unspecified atom stereocenters. The number of pyridine rings is 1. The highest BCUT2D eigenvalue weighted by Gasteiger charge is 2.06. The SMILES string of the molecule is Cc1nccc(-c2cccc(-n3ccc4ccccc4c3=O)c2)n1. The highest BCUT2D eigenvalue weighted by Crippen LogP contribution is 2.20. The third kappa shape index (κ3) is 2.48. The lowest BCUT2D eigenvalue weighted by Crippen LogP contribution is -2.17. The minimum Gasteiger partial charge on any atom is -0.284 e. The van der Waals surface area contributed by atoms with Crippen LogP contribution in [-0.2, 0) is 0 Å². The van der Waals surface area contributed by atoms with Crippen molar-refractivity contribution < 1.29 is 0 Å². The standard InChI is InChI=1S/C20H15N3O/c1-14-21-11-9-19(22-14)16-6-4-7-17(13-16)23-12-10-15-5-2-3-8-18(15)20(23)24/h2-13H,1H3. The molecule has 4 heteroatoms. The number of nitrogens with zero attached hydrogens (tertiary/aromatic N) is 3. The molecule has 0 aliphatic rings. The molecule has 0 saturated carbocycles. The summed E-state index contributed by atoms with van der Waals surface area (Å²) in [6, 6.07) is 19.3. The third-order valence-electron chi connectivity index (χ3n) is 4.01. The average molecular weight is 313 g/mol. The molecule has 4 rings (SSSR count). The molecule has 2 aromatic carbocycles. The Morgan fingerprint density at radius 1 is 0.958 bits per heavy atom. The summed E-state index contributed by atoms with van der Waals surface area (Å²) in [5.41, 5.74) is 2.60. The summed E-state index contributed by atoms with van der Waals surface area (Å²) in [7, 11) is 0. The van der Waals surface area contributed by atoms with Gasteiger partial charge in [-0.2, -0.15) is 0 Å². The molecular formula is C20H15N3O. The van der Waals surface area contributed by atoms with Crippen LogP contribution in [0.2, 0.25) is 0 Å². The predicted octanol–water partition coefficient (Wildman–Crippen LogP) is 3.76. The molecule has 2 heterocycles. The van der Waals surface area contributed by atoms with Gasteiger partial charge in [0.15, 0.2) is 0 Å². The van der Waals surface area contributed by atoms with Crippen LogP contribution in [0.15, 0.2) is 77.9 Å². The Hall–Kier alpha value is -3.27. The average Bonchev–Trinajstić information content (AvgIpc) is 2.62. The zero-order chi connectivity index (χ0) is 16.5. The van der Waals surface area contributed by atoms with Crippen LogP contribution in [0, 0.1) is 6.92 Å². The Morgan fingerprint density at radius 2 is 1.83 bits per heavy atom. The first-order valence-corrected chi connectivity index (χ1v) is 7.73. The quantitative estimate of drug-likeness (QED) is 0.566. The van der Waals surface area contributed by atoms with Gasteiger partial charge in [0.05, 0.1) is 5.69 Å². The van der Waals surface area contributed by atoms with Gasteiger partial charge in [0.1, 0.15) is 5.82 Å². The summed E-state index contributed by atoms with van der Waals surface area (Å²) in [6.07, 6.45) is 3.56.